The standard InChI is InChI=1S/C54H34N2/c1-3-13-35(14-4-1)36-25-29-52-49(32-36)50-34-40(26-30-53(50)55(52)39-15-5-2-6-16-39)56-51-22-12-11-21-46(51)47-28-24-38(33-54(47)56)37-23-27-45-43-19-8-7-17-41(43)42-18-9-10-20-44(42)48(45)31-37/h1-34H. The molecule has 2 heterocycles. The van der Waals surface area contributed by atoms with Gasteiger partial charge in [0.15, 0.2) is 0 Å². The normalized spacial score (nSPS) is 11.9. The van der Waals surface area contributed by atoms with Crippen LogP contribution in [0.4, 0.5) is 0 Å². The van der Waals surface area contributed by atoms with Crippen molar-refractivity contribution in [1.29, 1.82) is 0 Å². The molecule has 0 atom stereocenters. The molecular formula is C54H34N2. The Hall–Kier alpha value is -7.42. The van der Waals surface area contributed by atoms with Gasteiger partial charge in [0.1, 0.15) is 0 Å². The number of rotatable bonds is 4. The van der Waals surface area contributed by atoms with Crippen molar-refractivity contribution >= 4 is 75.9 Å². The van der Waals surface area contributed by atoms with Crippen LogP contribution in [0.3, 0.4) is 0 Å². The Kier molecular flexibility index (Phi) is 6.66. The van der Waals surface area contributed by atoms with E-state index >= 15 is 0 Å². The number of fused-ring (bicyclic) bond motifs is 12. The Morgan fingerprint density at radius 2 is 0.625 bits per heavy atom. The number of hydrogen-bond donors (Lipinski definition) is 0. The van der Waals surface area contributed by atoms with Crippen molar-refractivity contribution in [2.24, 2.45) is 0 Å². The Morgan fingerprint density at radius 1 is 0.196 bits per heavy atom. The molecule has 0 aliphatic rings. The number of nitrogens with zero attached hydrogens (tertiary/aromatic N) is 2. The first kappa shape index (κ1) is 31.0. The second-order valence-corrected chi connectivity index (χ2v) is 14.9. The summed E-state index contributed by atoms with van der Waals surface area (Å²) in [7, 11) is 0. The maximum absolute atomic E-state index is 2.46. The lowest BCUT2D eigenvalue weighted by Crippen LogP contribution is -1.95. The van der Waals surface area contributed by atoms with E-state index in [1.807, 2.05) is 0 Å². The summed E-state index contributed by atoms with van der Waals surface area (Å²) < 4.78 is 4.87. The summed E-state index contributed by atoms with van der Waals surface area (Å²) in [5.41, 5.74) is 11.9. The minimum Gasteiger partial charge on any atom is -0.309 e. The lowest BCUT2D eigenvalue weighted by molar-refractivity contribution is 1.17. The number of para-hydroxylation sites is 2. The summed E-state index contributed by atoms with van der Waals surface area (Å²) in [6, 6.07) is 75.8. The van der Waals surface area contributed by atoms with Crippen molar-refractivity contribution < 1.29 is 0 Å². The highest BCUT2D eigenvalue weighted by Gasteiger charge is 2.18. The quantitative estimate of drug-likeness (QED) is 0.161. The lowest BCUT2D eigenvalue weighted by Gasteiger charge is -2.13. The van der Waals surface area contributed by atoms with Crippen molar-refractivity contribution in [2.75, 3.05) is 0 Å². The molecule has 0 saturated heterocycles. The van der Waals surface area contributed by atoms with Gasteiger partial charge in [0.05, 0.1) is 22.1 Å². The topological polar surface area (TPSA) is 9.86 Å². The van der Waals surface area contributed by atoms with E-state index in [1.165, 1.54) is 98.2 Å². The van der Waals surface area contributed by atoms with Gasteiger partial charge < -0.3 is 9.13 Å². The average molecular weight is 711 g/mol. The Balaban J connectivity index is 1.10. The zero-order chi connectivity index (χ0) is 36.7. The van der Waals surface area contributed by atoms with Gasteiger partial charge in [-0.1, -0.05) is 146 Å². The molecule has 10 aromatic carbocycles. The van der Waals surface area contributed by atoms with Crippen LogP contribution in [0.15, 0.2) is 206 Å². The van der Waals surface area contributed by atoms with Crippen LogP contribution in [-0.4, -0.2) is 9.13 Å². The van der Waals surface area contributed by atoms with Gasteiger partial charge in [0.2, 0.25) is 0 Å². The summed E-state index contributed by atoms with van der Waals surface area (Å²) in [4.78, 5) is 0. The van der Waals surface area contributed by atoms with Crippen LogP contribution in [-0.2, 0) is 0 Å². The summed E-state index contributed by atoms with van der Waals surface area (Å²) in [6.07, 6.45) is 0. The minimum atomic E-state index is 1.15. The highest BCUT2D eigenvalue weighted by molar-refractivity contribution is 6.26. The highest BCUT2D eigenvalue weighted by atomic mass is 15.0. The van der Waals surface area contributed by atoms with Crippen molar-refractivity contribution in [1.82, 2.24) is 9.13 Å². The molecule has 2 aromatic heterocycles. The van der Waals surface area contributed by atoms with Crippen molar-refractivity contribution in [3.63, 3.8) is 0 Å². The summed E-state index contributed by atoms with van der Waals surface area (Å²) in [6.45, 7) is 0. The molecule has 0 N–H and O–H groups in total. The van der Waals surface area contributed by atoms with Crippen molar-refractivity contribution in [2.45, 2.75) is 0 Å². The molecule has 260 valence electrons. The van der Waals surface area contributed by atoms with E-state index in [-0.39, 0.29) is 0 Å². The summed E-state index contributed by atoms with van der Waals surface area (Å²) >= 11 is 0. The monoisotopic (exact) mass is 710 g/mol. The third kappa shape index (κ3) is 4.57. The number of benzene rings is 10. The van der Waals surface area contributed by atoms with Gasteiger partial charge in [0.25, 0.3) is 0 Å². The first-order valence-corrected chi connectivity index (χ1v) is 19.3. The summed E-state index contributed by atoms with van der Waals surface area (Å²) in [5, 5.41) is 12.7. The lowest BCUT2D eigenvalue weighted by atomic mass is 9.92. The van der Waals surface area contributed by atoms with Gasteiger partial charge in [-0.25, -0.2) is 0 Å². The highest BCUT2D eigenvalue weighted by Crippen LogP contribution is 2.41. The molecular weight excluding hydrogens is 677 g/mol. The predicted octanol–water partition coefficient (Wildman–Crippen LogP) is 14.7. The molecule has 0 radical (unpaired) electrons. The van der Waals surface area contributed by atoms with Crippen LogP contribution in [0.25, 0.3) is 110 Å². The van der Waals surface area contributed by atoms with Crippen molar-refractivity contribution in [3.05, 3.63) is 206 Å². The average Bonchev–Trinajstić information content (AvgIpc) is 3.78. The second-order valence-electron chi connectivity index (χ2n) is 14.9. The third-order valence-electron chi connectivity index (χ3n) is 11.9. The third-order valence-corrected chi connectivity index (χ3v) is 11.9. The molecule has 0 aliphatic carbocycles. The molecule has 0 bridgehead atoms. The maximum atomic E-state index is 2.46. The van der Waals surface area contributed by atoms with E-state index in [4.69, 9.17) is 0 Å². The van der Waals surface area contributed by atoms with E-state index in [9.17, 15) is 0 Å². The van der Waals surface area contributed by atoms with Gasteiger partial charge in [-0.05, 0) is 115 Å². The molecule has 2 heteroatoms. The largest absolute Gasteiger partial charge is 0.309 e. The van der Waals surface area contributed by atoms with E-state index < -0.39 is 0 Å². The van der Waals surface area contributed by atoms with Gasteiger partial charge in [-0.15, -0.1) is 0 Å². The van der Waals surface area contributed by atoms with Crippen LogP contribution in [0.2, 0.25) is 0 Å². The maximum Gasteiger partial charge on any atom is 0.0547 e. The van der Waals surface area contributed by atoms with Crippen LogP contribution in [0, 0.1) is 0 Å². The fourth-order valence-corrected chi connectivity index (χ4v) is 9.33. The smallest absolute Gasteiger partial charge is 0.0547 e. The molecule has 12 aromatic rings. The number of hydrogen-bond acceptors (Lipinski definition) is 0. The molecule has 0 unspecified atom stereocenters. The van der Waals surface area contributed by atoms with E-state index in [2.05, 4.69) is 215 Å². The minimum absolute atomic E-state index is 1.15. The molecule has 0 fully saturated rings. The fraction of sp³-hybridized carbons (Fsp3) is 0. The first-order chi connectivity index (χ1) is 27.8. The summed E-state index contributed by atoms with van der Waals surface area (Å²) in [5.74, 6) is 0. The van der Waals surface area contributed by atoms with Crippen LogP contribution >= 0.6 is 0 Å². The Morgan fingerprint density at radius 3 is 1.34 bits per heavy atom. The van der Waals surface area contributed by atoms with Gasteiger partial charge in [-0.3, -0.25) is 0 Å². The SMILES string of the molecule is c1ccc(-c2ccc3c(c2)c2cc(-n4c5ccccc5c5ccc(-c6ccc7c8ccccc8c8ccccc8c7c6)cc54)ccc2n3-c2ccccc2)cc1. The molecule has 56 heavy (non-hydrogen) atoms. The van der Waals surface area contributed by atoms with Gasteiger partial charge in [0, 0.05) is 32.9 Å². The molecule has 0 saturated carbocycles. The zero-order valence-corrected chi connectivity index (χ0v) is 30.5. The zero-order valence-electron chi connectivity index (χ0n) is 30.5. The predicted molar refractivity (Wildman–Crippen MR) is 239 cm³/mol. The Bertz CT molecular complexity index is 3480. The number of aromatic nitrogens is 2. The molecule has 0 spiro atoms. The van der Waals surface area contributed by atoms with Gasteiger partial charge >= 0.3 is 0 Å². The van der Waals surface area contributed by atoms with E-state index in [1.54, 1.807) is 0 Å². The molecule has 0 amide bonds. The first-order valence-electron chi connectivity index (χ1n) is 19.3. The molecule has 12 rings (SSSR count). The molecule has 2 nitrogen and oxygen atoms in total. The van der Waals surface area contributed by atoms with Crippen molar-refractivity contribution in [3.8, 4) is 33.6 Å². The molecule has 0 aliphatic heterocycles. The van der Waals surface area contributed by atoms with E-state index in [0.29, 0.717) is 0 Å². The fourth-order valence-electron chi connectivity index (χ4n) is 9.33. The van der Waals surface area contributed by atoms with E-state index in [0.717, 1.165) is 11.4 Å². The van der Waals surface area contributed by atoms with Crippen LogP contribution in [0.1, 0.15) is 0 Å². The second kappa shape index (κ2) is 12.0. The van der Waals surface area contributed by atoms with Crippen LogP contribution in [0.5, 0.6) is 0 Å². The van der Waals surface area contributed by atoms with Gasteiger partial charge in [-0.2, -0.15) is 0 Å². The Labute approximate surface area is 323 Å². The van der Waals surface area contributed by atoms with Crippen LogP contribution < -0.4 is 0 Å².